The van der Waals surface area contributed by atoms with Gasteiger partial charge in [-0.1, -0.05) is 44.2 Å². The first-order valence-corrected chi connectivity index (χ1v) is 12.4. The summed E-state index contributed by atoms with van der Waals surface area (Å²) in [5, 5.41) is 16.9. The lowest BCUT2D eigenvalue weighted by molar-refractivity contribution is -0.114. The second-order valence-electron chi connectivity index (χ2n) is 9.03. The van der Waals surface area contributed by atoms with E-state index in [-0.39, 0.29) is 17.3 Å². The highest BCUT2D eigenvalue weighted by Gasteiger charge is 2.36. The molecule has 2 aliphatic rings. The number of carbonyl (C=O) groups excluding carboxylic acids is 1. The molecule has 1 aromatic heterocycles. The Kier molecular flexibility index (Phi) is 6.06. The van der Waals surface area contributed by atoms with Gasteiger partial charge in [-0.25, -0.2) is 0 Å². The number of amidine groups is 2. The van der Waals surface area contributed by atoms with Crippen LogP contribution in [0.4, 0.5) is 0 Å². The van der Waals surface area contributed by atoms with Gasteiger partial charge in [-0.2, -0.15) is 15.1 Å². The van der Waals surface area contributed by atoms with E-state index in [0.717, 1.165) is 38.4 Å². The summed E-state index contributed by atoms with van der Waals surface area (Å²) in [7, 11) is 0. The van der Waals surface area contributed by atoms with E-state index in [2.05, 4.69) is 45.9 Å². The molecule has 3 heterocycles. The topological polar surface area (TPSA) is 83.0 Å². The molecule has 3 aromatic rings. The Morgan fingerprint density at radius 2 is 1.97 bits per heavy atom. The molecule has 7 nitrogen and oxygen atoms in total. The third-order valence-electron chi connectivity index (χ3n) is 6.02. The molecule has 0 saturated heterocycles. The molecule has 1 amide bonds. The second kappa shape index (κ2) is 9.19. The Balaban J connectivity index is 1.43. The predicted molar refractivity (Wildman–Crippen MR) is 143 cm³/mol. The van der Waals surface area contributed by atoms with Crippen molar-refractivity contribution in [3.63, 3.8) is 0 Å². The standard InChI is InChI=1S/C27H27N5O2S/c1-16(2)26-30-32-24(28)21(25(33)29-27(32)35-26)14-19-15-31(22-8-6-5-7-20(19)22)11-12-34-23-13-17(3)9-10-18(23)4/h5-10,13-16,28H,11-12H2,1-4H3. The van der Waals surface area contributed by atoms with Crippen molar-refractivity contribution in [1.29, 1.82) is 5.41 Å². The Morgan fingerprint density at radius 3 is 2.77 bits per heavy atom. The van der Waals surface area contributed by atoms with Crippen molar-refractivity contribution in [3.8, 4) is 5.75 Å². The minimum Gasteiger partial charge on any atom is -0.491 e. The first-order chi connectivity index (χ1) is 16.8. The van der Waals surface area contributed by atoms with E-state index >= 15 is 0 Å². The molecule has 0 saturated carbocycles. The monoisotopic (exact) mass is 485 g/mol. The number of nitrogens with one attached hydrogen (secondary N) is 1. The number of hydrogen-bond acceptors (Lipinski definition) is 5. The zero-order chi connectivity index (χ0) is 24.7. The van der Waals surface area contributed by atoms with E-state index in [4.69, 9.17) is 10.1 Å². The number of hydrazone groups is 1. The number of benzene rings is 2. The summed E-state index contributed by atoms with van der Waals surface area (Å²) in [6.07, 6.45) is 3.76. The lowest BCUT2D eigenvalue weighted by Crippen LogP contribution is -2.35. The molecule has 0 radical (unpaired) electrons. The molecule has 178 valence electrons. The van der Waals surface area contributed by atoms with Crippen LogP contribution in [0, 0.1) is 25.2 Å². The number of ether oxygens (including phenoxy) is 1. The number of carbonyl (C=O) groups is 1. The molecule has 0 atom stereocenters. The van der Waals surface area contributed by atoms with Gasteiger partial charge in [-0.15, -0.1) is 0 Å². The van der Waals surface area contributed by atoms with Crippen molar-refractivity contribution in [1.82, 2.24) is 9.58 Å². The quantitative estimate of drug-likeness (QED) is 0.460. The van der Waals surface area contributed by atoms with Gasteiger partial charge in [-0.3, -0.25) is 10.2 Å². The average Bonchev–Trinajstić information content (AvgIpc) is 3.41. The minimum atomic E-state index is -0.413. The summed E-state index contributed by atoms with van der Waals surface area (Å²) < 4.78 is 8.20. The second-order valence-corrected chi connectivity index (χ2v) is 10.0. The van der Waals surface area contributed by atoms with Gasteiger partial charge >= 0.3 is 0 Å². The van der Waals surface area contributed by atoms with Crippen LogP contribution in [-0.2, 0) is 11.3 Å². The molecule has 1 N–H and O–H groups in total. The fourth-order valence-corrected chi connectivity index (χ4v) is 4.98. The third kappa shape index (κ3) is 4.41. The fourth-order valence-electron chi connectivity index (χ4n) is 4.09. The van der Waals surface area contributed by atoms with E-state index in [9.17, 15) is 4.79 Å². The molecule has 35 heavy (non-hydrogen) atoms. The molecule has 0 aliphatic carbocycles. The van der Waals surface area contributed by atoms with Gasteiger partial charge < -0.3 is 9.30 Å². The highest BCUT2D eigenvalue weighted by Crippen LogP contribution is 2.32. The smallest absolute Gasteiger partial charge is 0.283 e. The van der Waals surface area contributed by atoms with Crippen LogP contribution < -0.4 is 4.74 Å². The Hall–Kier alpha value is -3.65. The van der Waals surface area contributed by atoms with Crippen LogP contribution in [0.3, 0.4) is 0 Å². The molecular weight excluding hydrogens is 458 g/mol. The molecular formula is C27H27N5O2S. The number of fused-ring (bicyclic) bond motifs is 2. The number of rotatable bonds is 6. The maximum atomic E-state index is 12.8. The van der Waals surface area contributed by atoms with E-state index in [1.54, 1.807) is 6.08 Å². The minimum absolute atomic E-state index is 0.0539. The number of hydrogen-bond donors (Lipinski definition) is 1. The van der Waals surface area contributed by atoms with Crippen LogP contribution in [-0.4, -0.2) is 38.1 Å². The van der Waals surface area contributed by atoms with E-state index in [1.165, 1.54) is 16.8 Å². The van der Waals surface area contributed by atoms with Crippen molar-refractivity contribution in [3.05, 3.63) is 70.9 Å². The van der Waals surface area contributed by atoms with Crippen LogP contribution in [0.5, 0.6) is 5.75 Å². The molecule has 8 heteroatoms. The summed E-state index contributed by atoms with van der Waals surface area (Å²) in [6.45, 7) is 9.33. The molecule has 5 rings (SSSR count). The highest BCUT2D eigenvalue weighted by molar-refractivity contribution is 8.27. The van der Waals surface area contributed by atoms with E-state index in [0.29, 0.717) is 18.3 Å². The number of para-hydroxylation sites is 1. The highest BCUT2D eigenvalue weighted by atomic mass is 32.2. The molecule has 2 aliphatic heterocycles. The SMILES string of the molecule is Cc1ccc(C)c(OCCn2cc(C=C3C(=N)N4N=C(C(C)C)SC4=NC3=O)c3ccccc32)c1. The van der Waals surface area contributed by atoms with Crippen LogP contribution in [0.2, 0.25) is 0 Å². The first kappa shape index (κ1) is 23.1. The number of nitrogens with zero attached hydrogens (tertiary/aromatic N) is 4. The molecule has 2 aromatic carbocycles. The van der Waals surface area contributed by atoms with Crippen LogP contribution in [0.25, 0.3) is 17.0 Å². The summed E-state index contributed by atoms with van der Waals surface area (Å²) in [5.41, 5.74) is 4.41. The van der Waals surface area contributed by atoms with Gasteiger partial charge in [-0.05, 0) is 54.9 Å². The molecule has 0 fully saturated rings. The van der Waals surface area contributed by atoms with Gasteiger partial charge in [0.1, 0.15) is 17.4 Å². The van der Waals surface area contributed by atoms with Gasteiger partial charge in [0.2, 0.25) is 5.17 Å². The lowest BCUT2D eigenvalue weighted by atomic mass is 10.1. The fraction of sp³-hybridized carbons (Fsp3) is 0.259. The van der Waals surface area contributed by atoms with Crippen molar-refractivity contribution in [2.75, 3.05) is 6.61 Å². The first-order valence-electron chi connectivity index (χ1n) is 11.6. The maximum Gasteiger partial charge on any atom is 0.283 e. The Morgan fingerprint density at radius 1 is 1.17 bits per heavy atom. The number of aliphatic imine (C=N–C) groups is 1. The molecule has 0 unspecified atom stereocenters. The normalized spacial score (nSPS) is 16.8. The number of aryl methyl sites for hydroxylation is 2. The van der Waals surface area contributed by atoms with Gasteiger partial charge in [0.05, 0.1) is 12.1 Å². The maximum absolute atomic E-state index is 12.8. The summed E-state index contributed by atoms with van der Waals surface area (Å²) >= 11 is 1.35. The zero-order valence-electron chi connectivity index (χ0n) is 20.2. The van der Waals surface area contributed by atoms with Crippen molar-refractivity contribution >= 4 is 50.7 Å². The average molecular weight is 486 g/mol. The van der Waals surface area contributed by atoms with Crippen LogP contribution in [0.1, 0.15) is 30.5 Å². The third-order valence-corrected chi connectivity index (χ3v) is 7.23. The van der Waals surface area contributed by atoms with Gasteiger partial charge in [0.25, 0.3) is 5.91 Å². The van der Waals surface area contributed by atoms with Crippen LogP contribution >= 0.6 is 11.8 Å². The largest absolute Gasteiger partial charge is 0.491 e. The van der Waals surface area contributed by atoms with Gasteiger partial charge in [0, 0.05) is 28.6 Å². The van der Waals surface area contributed by atoms with Crippen molar-refractivity contribution in [2.45, 2.75) is 34.2 Å². The summed E-state index contributed by atoms with van der Waals surface area (Å²) in [4.78, 5) is 17.1. The summed E-state index contributed by atoms with van der Waals surface area (Å²) in [6, 6.07) is 14.2. The zero-order valence-corrected chi connectivity index (χ0v) is 21.0. The van der Waals surface area contributed by atoms with E-state index < -0.39 is 5.91 Å². The lowest BCUT2D eigenvalue weighted by Gasteiger charge is -2.20. The Bertz CT molecular complexity index is 1450. The van der Waals surface area contributed by atoms with E-state index in [1.807, 2.05) is 45.2 Å². The number of aromatic nitrogens is 1. The number of thioether (sulfide) groups is 1. The molecule has 0 spiro atoms. The van der Waals surface area contributed by atoms with Crippen LogP contribution in [0.15, 0.2) is 64.3 Å². The predicted octanol–water partition coefficient (Wildman–Crippen LogP) is 5.61. The number of amides is 1. The van der Waals surface area contributed by atoms with Crippen molar-refractivity contribution in [2.24, 2.45) is 16.0 Å². The molecule has 0 bridgehead atoms. The summed E-state index contributed by atoms with van der Waals surface area (Å²) in [5.74, 6) is 0.734. The Labute approximate surface area is 208 Å². The van der Waals surface area contributed by atoms with Gasteiger partial charge in [0.15, 0.2) is 5.84 Å². The van der Waals surface area contributed by atoms with Crippen molar-refractivity contribution < 1.29 is 9.53 Å².